The quantitative estimate of drug-likeness (QED) is 0.589. The van der Waals surface area contributed by atoms with E-state index in [2.05, 4.69) is 26.0 Å². The Morgan fingerprint density at radius 3 is 2.54 bits per heavy atom. The molecule has 26 heavy (non-hydrogen) atoms. The van der Waals surface area contributed by atoms with Gasteiger partial charge >= 0.3 is 0 Å². The van der Waals surface area contributed by atoms with E-state index in [9.17, 15) is 13.2 Å². The summed E-state index contributed by atoms with van der Waals surface area (Å²) >= 11 is 4.84. The maximum absolute atomic E-state index is 12.4. The average molecular weight is 451 g/mol. The first kappa shape index (κ1) is 18.6. The Kier molecular flexibility index (Phi) is 5.75. The number of hydrogen-bond donors (Lipinski definition) is 2. The Labute approximate surface area is 164 Å². The number of carbonyl (C=O) groups excluding carboxylic acids is 1. The predicted molar refractivity (Wildman–Crippen MR) is 107 cm³/mol. The Morgan fingerprint density at radius 1 is 1.08 bits per heavy atom. The SMILES string of the molecule is O=C(NCc1ccsc1)c1cccc(NS(=O)(=O)c2ccc(Br)cc2)c1. The zero-order valence-corrected chi connectivity index (χ0v) is 16.7. The van der Waals surface area contributed by atoms with Crippen LogP contribution in [-0.4, -0.2) is 14.3 Å². The van der Waals surface area contributed by atoms with Gasteiger partial charge in [0.15, 0.2) is 0 Å². The van der Waals surface area contributed by atoms with Crippen molar-refractivity contribution in [1.29, 1.82) is 0 Å². The van der Waals surface area contributed by atoms with E-state index in [1.165, 1.54) is 18.2 Å². The van der Waals surface area contributed by atoms with Crippen LogP contribution in [0.5, 0.6) is 0 Å². The largest absolute Gasteiger partial charge is 0.348 e. The van der Waals surface area contributed by atoms with E-state index >= 15 is 0 Å². The third-order valence-corrected chi connectivity index (χ3v) is 6.19. The molecule has 3 rings (SSSR count). The summed E-state index contributed by atoms with van der Waals surface area (Å²) in [5, 5.41) is 6.72. The van der Waals surface area contributed by atoms with Crippen molar-refractivity contribution < 1.29 is 13.2 Å². The van der Waals surface area contributed by atoms with Crippen LogP contribution in [0, 0.1) is 0 Å². The lowest BCUT2D eigenvalue weighted by Gasteiger charge is -2.10. The van der Waals surface area contributed by atoms with Gasteiger partial charge in [0.1, 0.15) is 0 Å². The molecule has 1 heterocycles. The summed E-state index contributed by atoms with van der Waals surface area (Å²) in [5.74, 6) is -0.263. The minimum Gasteiger partial charge on any atom is -0.348 e. The van der Waals surface area contributed by atoms with E-state index in [1.807, 2.05) is 16.8 Å². The molecule has 1 aromatic heterocycles. The topological polar surface area (TPSA) is 75.3 Å². The van der Waals surface area contributed by atoms with Gasteiger partial charge in [-0.05, 0) is 64.9 Å². The summed E-state index contributed by atoms with van der Waals surface area (Å²) in [6, 6.07) is 14.7. The van der Waals surface area contributed by atoms with Gasteiger partial charge in [0, 0.05) is 22.3 Å². The number of anilines is 1. The zero-order valence-electron chi connectivity index (χ0n) is 13.5. The van der Waals surface area contributed by atoms with Crippen LogP contribution >= 0.6 is 27.3 Å². The van der Waals surface area contributed by atoms with Crippen LogP contribution in [-0.2, 0) is 16.6 Å². The highest BCUT2D eigenvalue weighted by molar-refractivity contribution is 9.10. The molecule has 0 fully saturated rings. The molecule has 0 aliphatic heterocycles. The fourth-order valence-corrected chi connectivity index (χ4v) is 4.21. The highest BCUT2D eigenvalue weighted by Crippen LogP contribution is 2.19. The molecule has 0 unspecified atom stereocenters. The minimum absolute atomic E-state index is 0.146. The van der Waals surface area contributed by atoms with E-state index < -0.39 is 10.0 Å². The number of hydrogen-bond acceptors (Lipinski definition) is 4. The number of nitrogens with one attached hydrogen (secondary N) is 2. The average Bonchev–Trinajstić information content (AvgIpc) is 3.13. The van der Waals surface area contributed by atoms with Crippen molar-refractivity contribution in [2.24, 2.45) is 0 Å². The fourth-order valence-electron chi connectivity index (χ4n) is 2.23. The molecule has 2 aromatic carbocycles. The fraction of sp³-hybridized carbons (Fsp3) is 0.0556. The number of sulfonamides is 1. The van der Waals surface area contributed by atoms with Crippen LogP contribution < -0.4 is 10.0 Å². The molecule has 1 amide bonds. The van der Waals surface area contributed by atoms with Gasteiger partial charge < -0.3 is 5.32 Å². The van der Waals surface area contributed by atoms with E-state index in [-0.39, 0.29) is 10.8 Å². The van der Waals surface area contributed by atoms with Gasteiger partial charge in [0.05, 0.1) is 4.90 Å². The van der Waals surface area contributed by atoms with E-state index in [0.717, 1.165) is 10.0 Å². The van der Waals surface area contributed by atoms with Gasteiger partial charge in [-0.25, -0.2) is 8.42 Å². The first-order chi connectivity index (χ1) is 12.4. The van der Waals surface area contributed by atoms with Gasteiger partial charge in [-0.3, -0.25) is 9.52 Å². The van der Waals surface area contributed by atoms with E-state index in [0.29, 0.717) is 17.8 Å². The van der Waals surface area contributed by atoms with Gasteiger partial charge in [-0.1, -0.05) is 22.0 Å². The van der Waals surface area contributed by atoms with Crippen molar-refractivity contribution >= 4 is 48.9 Å². The van der Waals surface area contributed by atoms with Crippen LogP contribution in [0.1, 0.15) is 15.9 Å². The molecule has 0 saturated carbocycles. The Bertz CT molecular complexity index is 1000. The summed E-state index contributed by atoms with van der Waals surface area (Å²) < 4.78 is 28.2. The van der Waals surface area contributed by atoms with Gasteiger partial charge in [-0.2, -0.15) is 11.3 Å². The monoisotopic (exact) mass is 450 g/mol. The van der Waals surface area contributed by atoms with Gasteiger partial charge in [-0.15, -0.1) is 0 Å². The van der Waals surface area contributed by atoms with Gasteiger partial charge in [0.25, 0.3) is 15.9 Å². The molecule has 8 heteroatoms. The Morgan fingerprint density at radius 2 is 1.85 bits per heavy atom. The highest BCUT2D eigenvalue weighted by atomic mass is 79.9. The number of carbonyl (C=O) groups is 1. The van der Waals surface area contributed by atoms with Crippen LogP contribution in [0.3, 0.4) is 0 Å². The lowest BCUT2D eigenvalue weighted by molar-refractivity contribution is 0.0951. The van der Waals surface area contributed by atoms with E-state index in [1.54, 1.807) is 41.7 Å². The van der Waals surface area contributed by atoms with Crippen molar-refractivity contribution in [2.45, 2.75) is 11.4 Å². The first-order valence-electron chi connectivity index (χ1n) is 7.62. The second kappa shape index (κ2) is 8.03. The van der Waals surface area contributed by atoms with Crippen molar-refractivity contribution in [3.63, 3.8) is 0 Å². The number of thiophene rings is 1. The maximum Gasteiger partial charge on any atom is 0.261 e. The lowest BCUT2D eigenvalue weighted by Crippen LogP contribution is -2.22. The molecule has 0 aliphatic rings. The first-order valence-corrected chi connectivity index (χ1v) is 10.8. The summed E-state index contributed by atoms with van der Waals surface area (Å²) in [6.07, 6.45) is 0. The maximum atomic E-state index is 12.4. The van der Waals surface area contributed by atoms with E-state index in [4.69, 9.17) is 0 Å². The lowest BCUT2D eigenvalue weighted by atomic mass is 10.2. The van der Waals surface area contributed by atoms with Crippen LogP contribution in [0.15, 0.2) is 74.7 Å². The van der Waals surface area contributed by atoms with Crippen LogP contribution in [0.25, 0.3) is 0 Å². The molecule has 0 atom stereocenters. The second-order valence-corrected chi connectivity index (χ2v) is 8.83. The normalized spacial score (nSPS) is 11.1. The zero-order chi connectivity index (χ0) is 18.6. The third kappa shape index (κ3) is 4.72. The molecule has 5 nitrogen and oxygen atoms in total. The molecule has 0 radical (unpaired) electrons. The summed E-state index contributed by atoms with van der Waals surface area (Å²) in [4.78, 5) is 12.4. The van der Waals surface area contributed by atoms with Crippen LogP contribution in [0.4, 0.5) is 5.69 Å². The standard InChI is InChI=1S/C18H15BrN2O3S2/c19-15-4-6-17(7-5-15)26(23,24)21-16-3-1-2-14(10-16)18(22)20-11-13-8-9-25-12-13/h1-10,12,21H,11H2,(H,20,22). The van der Waals surface area contributed by atoms with Crippen molar-refractivity contribution in [3.8, 4) is 0 Å². The molecule has 2 N–H and O–H groups in total. The number of amides is 1. The summed E-state index contributed by atoms with van der Waals surface area (Å²) in [6.45, 7) is 0.428. The Balaban J connectivity index is 1.72. The highest BCUT2D eigenvalue weighted by Gasteiger charge is 2.15. The van der Waals surface area contributed by atoms with Crippen molar-refractivity contribution in [1.82, 2.24) is 5.32 Å². The molecule has 3 aromatic rings. The second-order valence-electron chi connectivity index (χ2n) is 5.45. The predicted octanol–water partition coefficient (Wildman–Crippen LogP) is 4.24. The summed E-state index contributed by atoms with van der Waals surface area (Å²) in [7, 11) is -3.72. The number of rotatable bonds is 6. The molecule has 0 bridgehead atoms. The Hall–Kier alpha value is -2.16. The smallest absolute Gasteiger partial charge is 0.261 e. The molecule has 134 valence electrons. The molecule has 0 saturated heterocycles. The van der Waals surface area contributed by atoms with Crippen molar-refractivity contribution in [2.75, 3.05) is 4.72 Å². The van der Waals surface area contributed by atoms with Crippen LogP contribution in [0.2, 0.25) is 0 Å². The molecule has 0 aliphatic carbocycles. The number of halogens is 1. The third-order valence-electron chi connectivity index (χ3n) is 3.53. The summed E-state index contributed by atoms with van der Waals surface area (Å²) in [5.41, 5.74) is 1.74. The molecule has 0 spiro atoms. The minimum atomic E-state index is -3.72. The molecular formula is C18H15BrN2O3S2. The van der Waals surface area contributed by atoms with Gasteiger partial charge in [0.2, 0.25) is 0 Å². The van der Waals surface area contributed by atoms with Crippen molar-refractivity contribution in [3.05, 3.63) is 81.0 Å². The molecular weight excluding hydrogens is 436 g/mol. The number of benzene rings is 2.